The molecule has 26 heavy (non-hydrogen) atoms. The Balaban J connectivity index is 1.71. The average Bonchev–Trinajstić information content (AvgIpc) is 2.83. The van der Waals surface area contributed by atoms with Crippen molar-refractivity contribution in [3.63, 3.8) is 0 Å². The van der Waals surface area contributed by atoms with Crippen molar-refractivity contribution in [2.45, 2.75) is 89.5 Å². The van der Waals surface area contributed by atoms with Gasteiger partial charge < -0.3 is 9.53 Å². The normalized spacial score (nSPS) is 35.3. The van der Waals surface area contributed by atoms with Gasteiger partial charge in [-0.05, 0) is 67.6 Å². The topological polar surface area (TPSA) is 29.5 Å². The summed E-state index contributed by atoms with van der Waals surface area (Å²) in [6, 6.07) is 10.8. The molecule has 2 fully saturated rings. The molecule has 1 aromatic carbocycles. The van der Waals surface area contributed by atoms with Gasteiger partial charge in [0.15, 0.2) is 8.32 Å². The Morgan fingerprint density at radius 3 is 2.38 bits per heavy atom. The van der Waals surface area contributed by atoms with Gasteiger partial charge in [-0.2, -0.15) is 0 Å². The maximum Gasteiger partial charge on any atom is 0.191 e. The maximum atomic E-state index is 11.6. The summed E-state index contributed by atoms with van der Waals surface area (Å²) in [7, 11) is -1.73. The molecule has 146 valence electrons. The van der Waals surface area contributed by atoms with Gasteiger partial charge in [-0.1, -0.05) is 58.0 Å². The van der Waals surface area contributed by atoms with Crippen LogP contribution in [-0.2, 0) is 4.43 Å². The van der Waals surface area contributed by atoms with Crippen molar-refractivity contribution in [1.82, 2.24) is 0 Å². The van der Waals surface area contributed by atoms with Crippen LogP contribution in [0.2, 0.25) is 18.1 Å². The summed E-state index contributed by atoms with van der Waals surface area (Å²) in [5.74, 6) is 0.979. The van der Waals surface area contributed by atoms with Gasteiger partial charge in [-0.25, -0.2) is 0 Å². The fraction of sp³-hybridized carbons (Fsp3) is 0.739. The van der Waals surface area contributed by atoms with Gasteiger partial charge in [-0.3, -0.25) is 0 Å². The molecule has 0 amide bonds. The van der Waals surface area contributed by atoms with Gasteiger partial charge in [0.05, 0.1) is 5.60 Å². The lowest BCUT2D eigenvalue weighted by atomic mass is 9.59. The highest BCUT2D eigenvalue weighted by Gasteiger charge is 2.59. The predicted octanol–water partition coefficient (Wildman–Crippen LogP) is 6.12. The molecule has 0 aliphatic heterocycles. The van der Waals surface area contributed by atoms with Gasteiger partial charge in [0.25, 0.3) is 0 Å². The quantitative estimate of drug-likeness (QED) is 0.643. The van der Waals surface area contributed by atoms with E-state index in [4.69, 9.17) is 4.43 Å². The highest BCUT2D eigenvalue weighted by molar-refractivity contribution is 6.74. The van der Waals surface area contributed by atoms with Crippen molar-refractivity contribution >= 4 is 8.32 Å². The van der Waals surface area contributed by atoms with Crippen molar-refractivity contribution in [2.75, 3.05) is 6.61 Å². The Kier molecular flexibility index (Phi) is 5.22. The number of rotatable bonds is 4. The van der Waals surface area contributed by atoms with E-state index in [-0.39, 0.29) is 10.5 Å². The lowest BCUT2D eigenvalue weighted by Gasteiger charge is -2.50. The average molecular weight is 375 g/mol. The Morgan fingerprint density at radius 2 is 1.77 bits per heavy atom. The van der Waals surface area contributed by atoms with Gasteiger partial charge in [-0.15, -0.1) is 0 Å². The smallest absolute Gasteiger partial charge is 0.191 e. The zero-order chi connectivity index (χ0) is 19.2. The first-order valence-electron chi connectivity index (χ1n) is 10.4. The van der Waals surface area contributed by atoms with Crippen LogP contribution in [0.25, 0.3) is 0 Å². The summed E-state index contributed by atoms with van der Waals surface area (Å²) in [6.45, 7) is 14.7. The van der Waals surface area contributed by atoms with Crippen molar-refractivity contribution in [1.29, 1.82) is 0 Å². The minimum absolute atomic E-state index is 0.000640. The molecule has 0 radical (unpaired) electrons. The van der Waals surface area contributed by atoms with Crippen LogP contribution in [0.4, 0.5) is 0 Å². The minimum Gasteiger partial charge on any atom is -0.417 e. The standard InChI is InChI=1S/C23H38O2Si/c1-21(2,3)26(5,6)25-17-20-13-15-23(24)16-19(12-14-22(20,23)4)18-10-8-7-9-11-18/h7-11,19-20,24H,12-17H2,1-6H3/t19-,20-,22-,23+/m1/s1. The second-order valence-corrected chi connectivity index (χ2v) is 15.4. The SMILES string of the molecule is CC(C)(C)[Si](C)(C)OC[C@H]1CC[C@]2(O)C[C@H](c3ccccc3)CC[C@]12C. The molecule has 0 heterocycles. The third kappa shape index (κ3) is 3.43. The molecule has 0 spiro atoms. The molecule has 0 aromatic heterocycles. The van der Waals surface area contributed by atoms with E-state index in [1.54, 1.807) is 0 Å². The van der Waals surface area contributed by atoms with Gasteiger partial charge in [0, 0.05) is 12.0 Å². The lowest BCUT2D eigenvalue weighted by molar-refractivity contribution is -0.109. The molecule has 2 saturated carbocycles. The van der Waals surface area contributed by atoms with Crippen LogP contribution < -0.4 is 0 Å². The minimum atomic E-state index is -1.73. The molecule has 3 heteroatoms. The highest BCUT2D eigenvalue weighted by Crippen LogP contribution is 2.60. The third-order valence-electron chi connectivity index (χ3n) is 8.19. The first kappa shape index (κ1) is 20.1. The molecule has 0 saturated heterocycles. The van der Waals surface area contributed by atoms with E-state index < -0.39 is 13.9 Å². The first-order valence-corrected chi connectivity index (χ1v) is 13.3. The molecule has 2 aliphatic carbocycles. The largest absolute Gasteiger partial charge is 0.417 e. The molecule has 0 unspecified atom stereocenters. The summed E-state index contributed by atoms with van der Waals surface area (Å²) in [6.07, 6.45) is 5.22. The van der Waals surface area contributed by atoms with Crippen LogP contribution in [0.1, 0.15) is 71.3 Å². The lowest BCUT2D eigenvalue weighted by Crippen LogP contribution is -2.51. The monoisotopic (exact) mass is 374 g/mol. The molecule has 1 N–H and O–H groups in total. The molecular weight excluding hydrogens is 336 g/mol. The van der Waals surface area contributed by atoms with E-state index in [1.165, 1.54) is 12.0 Å². The maximum absolute atomic E-state index is 11.6. The fourth-order valence-electron chi connectivity index (χ4n) is 4.96. The van der Waals surface area contributed by atoms with Crippen LogP contribution in [0.3, 0.4) is 0 Å². The number of hydrogen-bond donors (Lipinski definition) is 1. The zero-order valence-electron chi connectivity index (χ0n) is 17.6. The van der Waals surface area contributed by atoms with Crippen molar-refractivity contribution in [3.05, 3.63) is 35.9 Å². The van der Waals surface area contributed by atoms with Gasteiger partial charge in [0.1, 0.15) is 0 Å². The highest BCUT2D eigenvalue weighted by atomic mass is 28.4. The van der Waals surface area contributed by atoms with Crippen LogP contribution in [-0.4, -0.2) is 25.6 Å². The van der Waals surface area contributed by atoms with E-state index in [0.717, 1.165) is 32.3 Å². The van der Waals surface area contributed by atoms with Gasteiger partial charge >= 0.3 is 0 Å². The Hall–Kier alpha value is -0.643. The summed E-state index contributed by atoms with van der Waals surface area (Å²) in [4.78, 5) is 0. The molecule has 4 atom stereocenters. The molecule has 2 nitrogen and oxygen atoms in total. The molecule has 0 bridgehead atoms. The Labute approximate surface area is 161 Å². The van der Waals surface area contributed by atoms with Gasteiger partial charge in [0.2, 0.25) is 0 Å². The van der Waals surface area contributed by atoms with E-state index in [1.807, 2.05) is 0 Å². The van der Waals surface area contributed by atoms with E-state index in [0.29, 0.717) is 11.8 Å². The van der Waals surface area contributed by atoms with E-state index >= 15 is 0 Å². The van der Waals surface area contributed by atoms with Crippen molar-refractivity contribution < 1.29 is 9.53 Å². The van der Waals surface area contributed by atoms with Crippen molar-refractivity contribution in [3.8, 4) is 0 Å². The Morgan fingerprint density at radius 1 is 1.12 bits per heavy atom. The zero-order valence-corrected chi connectivity index (χ0v) is 18.6. The van der Waals surface area contributed by atoms with Crippen LogP contribution in [0, 0.1) is 11.3 Å². The molecule has 2 aliphatic rings. The van der Waals surface area contributed by atoms with Crippen molar-refractivity contribution in [2.24, 2.45) is 11.3 Å². The second kappa shape index (κ2) is 6.75. The number of aliphatic hydroxyl groups is 1. The summed E-state index contributed by atoms with van der Waals surface area (Å²) in [5, 5.41) is 11.9. The van der Waals surface area contributed by atoms with Crippen LogP contribution in [0.5, 0.6) is 0 Å². The summed E-state index contributed by atoms with van der Waals surface area (Å²) in [5.41, 5.74) is 0.859. The molecular formula is C23H38O2Si. The number of hydrogen-bond acceptors (Lipinski definition) is 2. The summed E-state index contributed by atoms with van der Waals surface area (Å²) >= 11 is 0. The molecule has 1 aromatic rings. The predicted molar refractivity (Wildman–Crippen MR) is 112 cm³/mol. The fourth-order valence-corrected chi connectivity index (χ4v) is 6.01. The summed E-state index contributed by atoms with van der Waals surface area (Å²) < 4.78 is 6.58. The van der Waals surface area contributed by atoms with E-state index in [2.05, 4.69) is 71.1 Å². The van der Waals surface area contributed by atoms with Crippen LogP contribution >= 0.6 is 0 Å². The molecule has 3 rings (SSSR count). The Bertz CT molecular complexity index is 621. The second-order valence-electron chi connectivity index (χ2n) is 10.6. The van der Waals surface area contributed by atoms with Crippen LogP contribution in [0.15, 0.2) is 30.3 Å². The third-order valence-corrected chi connectivity index (χ3v) is 12.7. The van der Waals surface area contributed by atoms with E-state index in [9.17, 15) is 5.11 Å². The number of benzene rings is 1. The number of fused-ring (bicyclic) bond motifs is 1. The first-order chi connectivity index (χ1) is 12.0.